The highest BCUT2D eigenvalue weighted by molar-refractivity contribution is 5.12. The van der Waals surface area contributed by atoms with E-state index < -0.39 is 0 Å². The van der Waals surface area contributed by atoms with Crippen molar-refractivity contribution < 1.29 is 0 Å². The van der Waals surface area contributed by atoms with Gasteiger partial charge >= 0.3 is 0 Å². The summed E-state index contributed by atoms with van der Waals surface area (Å²) in [7, 11) is 0. The summed E-state index contributed by atoms with van der Waals surface area (Å²) in [6.07, 6.45) is 16.1. The molecule has 0 N–H and O–H groups in total. The molecule has 6 aliphatic rings. The van der Waals surface area contributed by atoms with Gasteiger partial charge in [0.15, 0.2) is 0 Å². The molecule has 6 bridgehead atoms. The Balaban J connectivity index is 1.21. The summed E-state index contributed by atoms with van der Waals surface area (Å²) in [6.45, 7) is 5.37. The van der Waals surface area contributed by atoms with Gasteiger partial charge < -0.3 is 0 Å². The Hall–Kier alpha value is 0. The van der Waals surface area contributed by atoms with E-state index in [2.05, 4.69) is 13.8 Å². The van der Waals surface area contributed by atoms with Gasteiger partial charge in [-0.25, -0.2) is 0 Å². The van der Waals surface area contributed by atoms with E-state index >= 15 is 0 Å². The average molecular weight is 313 g/mol. The van der Waals surface area contributed by atoms with Crippen LogP contribution in [-0.4, -0.2) is 0 Å². The zero-order chi connectivity index (χ0) is 15.3. The molecule has 0 aromatic heterocycles. The van der Waals surface area contributed by atoms with Gasteiger partial charge in [-0.15, -0.1) is 0 Å². The van der Waals surface area contributed by atoms with Gasteiger partial charge in [0.05, 0.1) is 0 Å². The third-order valence-corrected chi connectivity index (χ3v) is 10.4. The summed E-state index contributed by atoms with van der Waals surface area (Å²) in [5.41, 5.74) is 0.640. The molecular weight excluding hydrogens is 276 g/mol. The highest BCUT2D eigenvalue weighted by Crippen LogP contribution is 2.71. The van der Waals surface area contributed by atoms with Gasteiger partial charge in [-0.1, -0.05) is 20.3 Å². The second kappa shape index (κ2) is 4.59. The van der Waals surface area contributed by atoms with E-state index in [0.717, 1.165) is 35.5 Å². The molecular formula is C23H36. The lowest BCUT2D eigenvalue weighted by molar-refractivity contribution is 0.0238. The zero-order valence-electron chi connectivity index (χ0n) is 15.3. The molecule has 6 aliphatic carbocycles. The van der Waals surface area contributed by atoms with Crippen LogP contribution in [0.5, 0.6) is 0 Å². The third kappa shape index (κ3) is 1.85. The van der Waals surface area contributed by atoms with Crippen LogP contribution in [0.25, 0.3) is 0 Å². The van der Waals surface area contributed by atoms with Gasteiger partial charge in [-0.05, 0) is 122 Å². The fraction of sp³-hybridized carbons (Fsp3) is 1.00. The Kier molecular flexibility index (Phi) is 2.83. The van der Waals surface area contributed by atoms with Crippen molar-refractivity contribution >= 4 is 0 Å². The molecule has 0 nitrogen and oxygen atoms in total. The number of hydrogen-bond donors (Lipinski definition) is 0. The SMILES string of the molecule is CC(C)(CC1CC2CCC1C2)C1CC2CC1C1C3CCC(C3)C21. The number of rotatable bonds is 3. The van der Waals surface area contributed by atoms with E-state index in [1.165, 1.54) is 23.7 Å². The Morgan fingerprint density at radius 2 is 1.48 bits per heavy atom. The molecule has 6 rings (SSSR count). The molecule has 0 amide bonds. The Morgan fingerprint density at radius 1 is 0.696 bits per heavy atom. The number of fused-ring (bicyclic) bond motifs is 11. The van der Waals surface area contributed by atoms with Crippen LogP contribution in [0.15, 0.2) is 0 Å². The van der Waals surface area contributed by atoms with Crippen LogP contribution in [0.3, 0.4) is 0 Å². The zero-order valence-corrected chi connectivity index (χ0v) is 15.3. The standard InChI is InChI=1S/C23H36/c1-23(2,12-18-8-13-3-4-14(18)7-13)20-11-17-10-19(20)22-16-6-5-15(9-16)21(17)22/h13-22H,3-12H2,1-2H3. The summed E-state index contributed by atoms with van der Waals surface area (Å²) >= 11 is 0. The fourth-order valence-electron chi connectivity index (χ4n) is 9.92. The Morgan fingerprint density at radius 3 is 2.22 bits per heavy atom. The fourth-order valence-corrected chi connectivity index (χ4v) is 9.92. The molecule has 0 aromatic carbocycles. The molecule has 0 radical (unpaired) electrons. The van der Waals surface area contributed by atoms with Gasteiger partial charge in [-0.3, -0.25) is 0 Å². The molecule has 0 saturated heterocycles. The van der Waals surface area contributed by atoms with E-state index in [4.69, 9.17) is 0 Å². The van der Waals surface area contributed by atoms with Crippen LogP contribution in [0.4, 0.5) is 0 Å². The molecule has 6 fully saturated rings. The largest absolute Gasteiger partial charge is 0.0596 e. The van der Waals surface area contributed by atoms with Gasteiger partial charge in [0.25, 0.3) is 0 Å². The van der Waals surface area contributed by atoms with Crippen molar-refractivity contribution in [3.63, 3.8) is 0 Å². The lowest BCUT2D eigenvalue weighted by Gasteiger charge is -2.46. The molecule has 10 atom stereocenters. The summed E-state index contributed by atoms with van der Waals surface area (Å²) in [5.74, 6) is 11.5. The first-order chi connectivity index (χ1) is 11.1. The predicted molar refractivity (Wildman–Crippen MR) is 94.9 cm³/mol. The predicted octanol–water partition coefficient (Wildman–Crippen LogP) is 6.16. The van der Waals surface area contributed by atoms with Crippen LogP contribution >= 0.6 is 0 Å². The van der Waals surface area contributed by atoms with E-state index in [1.807, 2.05) is 0 Å². The second-order valence-electron chi connectivity index (χ2n) is 11.6. The molecule has 10 unspecified atom stereocenters. The van der Waals surface area contributed by atoms with Crippen molar-refractivity contribution in [1.29, 1.82) is 0 Å². The first-order valence-electron chi connectivity index (χ1n) is 11.1. The molecule has 0 aromatic rings. The lowest BCUT2D eigenvalue weighted by atomic mass is 9.59. The summed E-state index contributed by atoms with van der Waals surface area (Å²) < 4.78 is 0. The first kappa shape index (κ1) is 14.2. The smallest absolute Gasteiger partial charge is 0.0320 e. The van der Waals surface area contributed by atoms with Crippen molar-refractivity contribution in [2.24, 2.45) is 64.6 Å². The molecule has 6 saturated carbocycles. The van der Waals surface area contributed by atoms with Crippen LogP contribution in [0.1, 0.15) is 78.1 Å². The molecule has 128 valence electrons. The Labute approximate surface area is 143 Å². The topological polar surface area (TPSA) is 0 Å². The highest BCUT2D eigenvalue weighted by atomic mass is 14.7. The summed E-state index contributed by atoms with van der Waals surface area (Å²) in [6, 6.07) is 0. The highest BCUT2D eigenvalue weighted by Gasteiger charge is 2.64. The lowest BCUT2D eigenvalue weighted by Crippen LogP contribution is -2.39. The molecule has 0 spiro atoms. The summed E-state index contributed by atoms with van der Waals surface area (Å²) in [5, 5.41) is 0. The van der Waals surface area contributed by atoms with E-state index in [-0.39, 0.29) is 0 Å². The van der Waals surface area contributed by atoms with Gasteiger partial charge in [0, 0.05) is 0 Å². The van der Waals surface area contributed by atoms with Crippen molar-refractivity contribution in [1.82, 2.24) is 0 Å². The summed E-state index contributed by atoms with van der Waals surface area (Å²) in [4.78, 5) is 0. The van der Waals surface area contributed by atoms with Gasteiger partial charge in [0.1, 0.15) is 0 Å². The third-order valence-electron chi connectivity index (χ3n) is 10.4. The quantitative estimate of drug-likeness (QED) is 0.548. The Bertz CT molecular complexity index is 504. The maximum atomic E-state index is 2.69. The minimum Gasteiger partial charge on any atom is -0.0596 e. The maximum absolute atomic E-state index is 2.69. The molecule has 0 heteroatoms. The molecule has 0 heterocycles. The normalized spacial score (nSPS) is 59.2. The monoisotopic (exact) mass is 312 g/mol. The molecule has 23 heavy (non-hydrogen) atoms. The van der Waals surface area contributed by atoms with E-state index in [9.17, 15) is 0 Å². The average Bonchev–Trinajstić information content (AvgIpc) is 3.29. The van der Waals surface area contributed by atoms with Crippen LogP contribution in [0, 0.1) is 64.6 Å². The van der Waals surface area contributed by atoms with Crippen LogP contribution in [-0.2, 0) is 0 Å². The minimum atomic E-state index is 0.640. The van der Waals surface area contributed by atoms with Crippen molar-refractivity contribution in [2.45, 2.75) is 78.1 Å². The first-order valence-corrected chi connectivity index (χ1v) is 11.1. The van der Waals surface area contributed by atoms with Gasteiger partial charge in [-0.2, -0.15) is 0 Å². The van der Waals surface area contributed by atoms with Crippen molar-refractivity contribution in [2.75, 3.05) is 0 Å². The van der Waals surface area contributed by atoms with E-state index in [0.29, 0.717) is 5.41 Å². The molecule has 0 aliphatic heterocycles. The van der Waals surface area contributed by atoms with Gasteiger partial charge in [0.2, 0.25) is 0 Å². The maximum Gasteiger partial charge on any atom is -0.0320 e. The van der Waals surface area contributed by atoms with Crippen LogP contribution in [0.2, 0.25) is 0 Å². The van der Waals surface area contributed by atoms with E-state index in [1.54, 1.807) is 64.2 Å². The minimum absolute atomic E-state index is 0.640. The van der Waals surface area contributed by atoms with Crippen molar-refractivity contribution in [3.8, 4) is 0 Å². The number of hydrogen-bond acceptors (Lipinski definition) is 0. The van der Waals surface area contributed by atoms with Crippen LogP contribution < -0.4 is 0 Å². The van der Waals surface area contributed by atoms with Crippen molar-refractivity contribution in [3.05, 3.63) is 0 Å². The second-order valence-corrected chi connectivity index (χ2v) is 11.6.